The summed E-state index contributed by atoms with van der Waals surface area (Å²) in [6.45, 7) is 2.35. The van der Waals surface area contributed by atoms with Crippen LogP contribution >= 0.6 is 11.3 Å². The zero-order valence-electron chi connectivity index (χ0n) is 9.52. The average Bonchev–Trinajstić information content (AvgIpc) is 2.83. The molecular weight excluding hydrogens is 222 g/mol. The van der Waals surface area contributed by atoms with Crippen molar-refractivity contribution in [3.05, 3.63) is 16.6 Å². The highest BCUT2D eigenvalue weighted by Crippen LogP contribution is 2.36. The molecule has 1 heterocycles. The Hall–Kier alpha value is -0.900. The van der Waals surface area contributed by atoms with E-state index < -0.39 is 0 Å². The lowest BCUT2D eigenvalue weighted by Crippen LogP contribution is -2.23. The first-order valence-electron chi connectivity index (χ1n) is 5.87. The van der Waals surface area contributed by atoms with Gasteiger partial charge in [-0.2, -0.15) is 0 Å². The summed E-state index contributed by atoms with van der Waals surface area (Å²) in [6, 6.07) is 0. The van der Waals surface area contributed by atoms with Gasteiger partial charge in [0.1, 0.15) is 0 Å². The van der Waals surface area contributed by atoms with Crippen LogP contribution in [0.4, 0.5) is 0 Å². The van der Waals surface area contributed by atoms with Gasteiger partial charge in [-0.1, -0.05) is 0 Å². The fraction of sp³-hybridized carbons (Fsp3) is 0.667. The van der Waals surface area contributed by atoms with E-state index in [1.165, 1.54) is 5.01 Å². The summed E-state index contributed by atoms with van der Waals surface area (Å²) in [4.78, 5) is 15.9. The molecule has 1 aliphatic rings. The molecule has 1 aliphatic carbocycles. The predicted molar refractivity (Wildman–Crippen MR) is 63.4 cm³/mol. The molecule has 1 aromatic rings. The molecule has 0 saturated heterocycles. The molecule has 0 radical (unpaired) electrons. The first-order chi connectivity index (χ1) is 7.81. The van der Waals surface area contributed by atoms with Crippen molar-refractivity contribution in [3.63, 3.8) is 0 Å². The number of carbonyl (C=O) groups excluding carboxylic acids is 1. The zero-order valence-corrected chi connectivity index (χ0v) is 10.3. The largest absolute Gasteiger partial charge is 0.466 e. The van der Waals surface area contributed by atoms with Crippen LogP contribution < -0.4 is 0 Å². The van der Waals surface area contributed by atoms with Gasteiger partial charge < -0.3 is 4.74 Å². The molecule has 16 heavy (non-hydrogen) atoms. The minimum absolute atomic E-state index is 0.0138. The van der Waals surface area contributed by atoms with Gasteiger partial charge in [0.25, 0.3) is 0 Å². The van der Waals surface area contributed by atoms with Crippen molar-refractivity contribution in [1.29, 1.82) is 0 Å². The molecule has 1 saturated carbocycles. The smallest absolute Gasteiger partial charge is 0.308 e. The molecule has 0 unspecified atom stereocenters. The third-order valence-electron chi connectivity index (χ3n) is 3.15. The Bertz CT molecular complexity index is 329. The van der Waals surface area contributed by atoms with Gasteiger partial charge in [0.15, 0.2) is 0 Å². The van der Waals surface area contributed by atoms with Crippen LogP contribution in [0.2, 0.25) is 0 Å². The SMILES string of the molecule is CCOC(=O)C1CCC(c2nccs2)CC1. The Morgan fingerprint density at radius 3 is 2.81 bits per heavy atom. The summed E-state index contributed by atoms with van der Waals surface area (Å²) in [6.07, 6.45) is 5.89. The fourth-order valence-electron chi connectivity index (χ4n) is 2.27. The van der Waals surface area contributed by atoms with Gasteiger partial charge in [-0.25, -0.2) is 4.98 Å². The molecule has 0 atom stereocenters. The molecule has 2 rings (SSSR count). The molecule has 0 amide bonds. The zero-order chi connectivity index (χ0) is 11.4. The molecule has 4 heteroatoms. The summed E-state index contributed by atoms with van der Waals surface area (Å²) >= 11 is 1.72. The highest BCUT2D eigenvalue weighted by atomic mass is 32.1. The van der Waals surface area contributed by atoms with E-state index in [0.717, 1.165) is 25.7 Å². The standard InChI is InChI=1S/C12H17NO2S/c1-2-15-12(14)10-5-3-9(4-6-10)11-13-7-8-16-11/h7-10H,2-6H2,1H3. The lowest BCUT2D eigenvalue weighted by molar-refractivity contribution is -0.149. The van der Waals surface area contributed by atoms with Crippen molar-refractivity contribution in [2.75, 3.05) is 6.61 Å². The number of hydrogen-bond donors (Lipinski definition) is 0. The van der Waals surface area contributed by atoms with E-state index in [1.807, 2.05) is 18.5 Å². The Balaban J connectivity index is 1.85. The van der Waals surface area contributed by atoms with Crippen molar-refractivity contribution < 1.29 is 9.53 Å². The Morgan fingerprint density at radius 1 is 1.50 bits per heavy atom. The summed E-state index contributed by atoms with van der Waals surface area (Å²) in [5, 5.41) is 3.24. The van der Waals surface area contributed by atoms with Crippen LogP contribution in [0, 0.1) is 5.92 Å². The van der Waals surface area contributed by atoms with Crippen LogP contribution in [0.3, 0.4) is 0 Å². The molecule has 0 N–H and O–H groups in total. The van der Waals surface area contributed by atoms with E-state index in [2.05, 4.69) is 4.98 Å². The molecular formula is C12H17NO2S. The third kappa shape index (κ3) is 2.61. The topological polar surface area (TPSA) is 39.2 Å². The number of hydrogen-bond acceptors (Lipinski definition) is 4. The number of ether oxygens (including phenoxy) is 1. The lowest BCUT2D eigenvalue weighted by Gasteiger charge is -2.25. The average molecular weight is 239 g/mol. The Morgan fingerprint density at radius 2 is 2.25 bits per heavy atom. The van der Waals surface area contributed by atoms with E-state index in [4.69, 9.17) is 4.74 Å². The lowest BCUT2D eigenvalue weighted by atomic mass is 9.82. The number of nitrogens with zero attached hydrogens (tertiary/aromatic N) is 1. The molecule has 0 aliphatic heterocycles. The summed E-state index contributed by atoms with van der Waals surface area (Å²) in [5.41, 5.74) is 0. The first-order valence-corrected chi connectivity index (χ1v) is 6.75. The Kier molecular flexibility index (Phi) is 3.93. The van der Waals surface area contributed by atoms with E-state index >= 15 is 0 Å². The highest BCUT2D eigenvalue weighted by Gasteiger charge is 2.28. The number of carbonyl (C=O) groups is 1. The minimum Gasteiger partial charge on any atom is -0.466 e. The maximum Gasteiger partial charge on any atom is 0.308 e. The van der Waals surface area contributed by atoms with Crippen LogP contribution in [-0.2, 0) is 9.53 Å². The molecule has 0 spiro atoms. The molecule has 1 fully saturated rings. The maximum absolute atomic E-state index is 11.6. The van der Waals surface area contributed by atoms with E-state index in [1.54, 1.807) is 11.3 Å². The quantitative estimate of drug-likeness (QED) is 0.761. The highest BCUT2D eigenvalue weighted by molar-refractivity contribution is 7.09. The number of aromatic nitrogens is 1. The second kappa shape index (κ2) is 5.43. The Labute approximate surface area is 99.8 Å². The number of rotatable bonds is 3. The molecule has 88 valence electrons. The van der Waals surface area contributed by atoms with Crippen LogP contribution in [0.1, 0.15) is 43.5 Å². The van der Waals surface area contributed by atoms with E-state index in [-0.39, 0.29) is 11.9 Å². The molecule has 1 aromatic heterocycles. The maximum atomic E-state index is 11.6. The van der Waals surface area contributed by atoms with E-state index in [9.17, 15) is 4.79 Å². The van der Waals surface area contributed by atoms with Crippen molar-refractivity contribution in [2.24, 2.45) is 5.92 Å². The predicted octanol–water partition coefficient (Wildman–Crippen LogP) is 2.98. The fourth-order valence-corrected chi connectivity index (χ4v) is 3.08. The first kappa shape index (κ1) is 11.6. The van der Waals surface area contributed by atoms with Crippen molar-refractivity contribution >= 4 is 17.3 Å². The molecule has 0 aromatic carbocycles. The van der Waals surface area contributed by atoms with Crippen LogP contribution in [0.25, 0.3) is 0 Å². The van der Waals surface area contributed by atoms with Crippen molar-refractivity contribution in [1.82, 2.24) is 4.98 Å². The van der Waals surface area contributed by atoms with Gasteiger partial charge in [0.2, 0.25) is 0 Å². The second-order valence-corrected chi connectivity index (χ2v) is 5.10. The molecule has 0 bridgehead atoms. The summed E-state index contributed by atoms with van der Waals surface area (Å²) < 4.78 is 5.06. The van der Waals surface area contributed by atoms with Crippen LogP contribution in [0.5, 0.6) is 0 Å². The van der Waals surface area contributed by atoms with Crippen molar-refractivity contribution in [2.45, 2.75) is 38.5 Å². The summed E-state index contributed by atoms with van der Waals surface area (Å²) in [5.74, 6) is 0.668. The monoisotopic (exact) mass is 239 g/mol. The number of esters is 1. The van der Waals surface area contributed by atoms with Crippen molar-refractivity contribution in [3.8, 4) is 0 Å². The van der Waals surface area contributed by atoms with Gasteiger partial charge in [-0.15, -0.1) is 11.3 Å². The third-order valence-corrected chi connectivity index (χ3v) is 4.09. The van der Waals surface area contributed by atoms with Crippen LogP contribution in [-0.4, -0.2) is 17.6 Å². The normalized spacial score (nSPS) is 25.3. The van der Waals surface area contributed by atoms with Gasteiger partial charge in [-0.05, 0) is 32.6 Å². The van der Waals surface area contributed by atoms with Gasteiger partial charge >= 0.3 is 5.97 Å². The van der Waals surface area contributed by atoms with Gasteiger partial charge in [0.05, 0.1) is 17.5 Å². The molecule has 3 nitrogen and oxygen atoms in total. The van der Waals surface area contributed by atoms with Gasteiger partial charge in [0, 0.05) is 17.5 Å². The minimum atomic E-state index is -0.0138. The second-order valence-electron chi connectivity index (χ2n) is 4.17. The summed E-state index contributed by atoms with van der Waals surface area (Å²) in [7, 11) is 0. The van der Waals surface area contributed by atoms with E-state index in [0.29, 0.717) is 12.5 Å². The number of thiazole rings is 1. The van der Waals surface area contributed by atoms with Gasteiger partial charge in [-0.3, -0.25) is 4.79 Å². The van der Waals surface area contributed by atoms with Crippen LogP contribution in [0.15, 0.2) is 11.6 Å².